The van der Waals surface area contributed by atoms with E-state index in [0.717, 1.165) is 24.9 Å². The Bertz CT molecular complexity index is 454. The van der Waals surface area contributed by atoms with E-state index in [4.69, 9.17) is 0 Å². The molecular formula is C15H19NO2. The maximum Gasteiger partial charge on any atom is 0.246 e. The fourth-order valence-electron chi connectivity index (χ4n) is 2.35. The molecule has 0 spiro atoms. The van der Waals surface area contributed by atoms with Crippen molar-refractivity contribution < 1.29 is 9.90 Å². The largest absolute Gasteiger partial charge is 0.394 e. The number of nitrogens with zero attached hydrogens (tertiary/aromatic N) is 1. The summed E-state index contributed by atoms with van der Waals surface area (Å²) in [5.41, 5.74) is 2.21. The van der Waals surface area contributed by atoms with E-state index < -0.39 is 0 Å². The minimum Gasteiger partial charge on any atom is -0.394 e. The summed E-state index contributed by atoms with van der Waals surface area (Å²) in [6.07, 6.45) is 5.32. The highest BCUT2D eigenvalue weighted by molar-refractivity contribution is 5.92. The van der Waals surface area contributed by atoms with E-state index in [1.165, 1.54) is 5.56 Å². The van der Waals surface area contributed by atoms with Gasteiger partial charge in [0.05, 0.1) is 12.6 Å². The van der Waals surface area contributed by atoms with Crippen molar-refractivity contribution in [2.45, 2.75) is 25.8 Å². The third kappa shape index (κ3) is 2.99. The Hall–Kier alpha value is -1.61. The molecule has 1 heterocycles. The van der Waals surface area contributed by atoms with Gasteiger partial charge in [0.25, 0.3) is 0 Å². The summed E-state index contributed by atoms with van der Waals surface area (Å²) in [5, 5.41) is 9.19. The fraction of sp³-hybridized carbons (Fsp3) is 0.400. The zero-order valence-electron chi connectivity index (χ0n) is 10.7. The number of aliphatic hydroxyl groups excluding tert-OH is 1. The van der Waals surface area contributed by atoms with E-state index in [2.05, 4.69) is 0 Å². The SMILES string of the molecule is Cc1cccc(/C=C/C(=O)N2CCC[C@@H]2CO)c1. The third-order valence-electron chi connectivity index (χ3n) is 3.33. The lowest BCUT2D eigenvalue weighted by Crippen LogP contribution is -2.36. The number of hydrogen-bond donors (Lipinski definition) is 1. The number of amides is 1. The molecule has 3 nitrogen and oxygen atoms in total. The minimum atomic E-state index is -0.00643. The van der Waals surface area contributed by atoms with Crippen LogP contribution in [-0.2, 0) is 4.79 Å². The number of carbonyl (C=O) groups excluding carboxylic acids is 1. The molecule has 0 aliphatic carbocycles. The van der Waals surface area contributed by atoms with Crippen LogP contribution < -0.4 is 0 Å². The van der Waals surface area contributed by atoms with Crippen LogP contribution in [0.2, 0.25) is 0 Å². The first-order valence-corrected chi connectivity index (χ1v) is 6.37. The highest BCUT2D eigenvalue weighted by atomic mass is 16.3. The predicted octanol–water partition coefficient (Wildman–Crippen LogP) is 1.99. The Labute approximate surface area is 108 Å². The Morgan fingerprint density at radius 2 is 2.39 bits per heavy atom. The molecule has 1 aromatic carbocycles. The number of carbonyl (C=O) groups is 1. The summed E-state index contributed by atoms with van der Waals surface area (Å²) in [6.45, 7) is 2.84. The van der Waals surface area contributed by atoms with Gasteiger partial charge in [0.1, 0.15) is 0 Å². The lowest BCUT2D eigenvalue weighted by atomic mass is 10.1. The molecule has 1 aliphatic rings. The molecule has 0 bridgehead atoms. The summed E-state index contributed by atoms with van der Waals surface area (Å²) in [5.74, 6) is -0.00643. The molecule has 0 radical (unpaired) electrons. The molecule has 1 N–H and O–H groups in total. The van der Waals surface area contributed by atoms with E-state index in [0.29, 0.717) is 0 Å². The molecule has 0 unspecified atom stereocenters. The van der Waals surface area contributed by atoms with Crippen molar-refractivity contribution in [2.75, 3.05) is 13.2 Å². The van der Waals surface area contributed by atoms with Gasteiger partial charge in [-0.25, -0.2) is 0 Å². The first kappa shape index (κ1) is 12.8. The average molecular weight is 245 g/mol. The van der Waals surface area contributed by atoms with Crippen molar-refractivity contribution in [3.8, 4) is 0 Å². The van der Waals surface area contributed by atoms with E-state index in [1.54, 1.807) is 11.0 Å². The van der Waals surface area contributed by atoms with Crippen molar-refractivity contribution in [3.63, 3.8) is 0 Å². The Morgan fingerprint density at radius 1 is 1.56 bits per heavy atom. The lowest BCUT2D eigenvalue weighted by Gasteiger charge is -2.21. The molecule has 1 saturated heterocycles. The molecule has 96 valence electrons. The van der Waals surface area contributed by atoms with Crippen LogP contribution in [-0.4, -0.2) is 35.1 Å². The molecule has 3 heteroatoms. The fourth-order valence-corrected chi connectivity index (χ4v) is 2.35. The summed E-state index contributed by atoms with van der Waals surface area (Å²) >= 11 is 0. The number of aliphatic hydroxyl groups is 1. The lowest BCUT2D eigenvalue weighted by molar-refractivity contribution is -0.127. The van der Waals surface area contributed by atoms with Gasteiger partial charge in [-0.2, -0.15) is 0 Å². The first-order chi connectivity index (χ1) is 8.70. The Balaban J connectivity index is 2.02. The van der Waals surface area contributed by atoms with Gasteiger partial charge in [-0.15, -0.1) is 0 Å². The van der Waals surface area contributed by atoms with Crippen molar-refractivity contribution >= 4 is 12.0 Å². The molecule has 18 heavy (non-hydrogen) atoms. The third-order valence-corrected chi connectivity index (χ3v) is 3.33. The molecular weight excluding hydrogens is 226 g/mol. The second kappa shape index (κ2) is 5.83. The monoisotopic (exact) mass is 245 g/mol. The Kier molecular flexibility index (Phi) is 4.15. The molecule has 1 fully saturated rings. The topological polar surface area (TPSA) is 40.5 Å². The van der Waals surface area contributed by atoms with Gasteiger partial charge in [-0.1, -0.05) is 29.8 Å². The zero-order chi connectivity index (χ0) is 13.0. The second-order valence-corrected chi connectivity index (χ2v) is 4.76. The summed E-state index contributed by atoms with van der Waals surface area (Å²) < 4.78 is 0. The van der Waals surface area contributed by atoms with Gasteiger partial charge in [0.15, 0.2) is 0 Å². The molecule has 2 rings (SSSR count). The normalized spacial score (nSPS) is 19.7. The minimum absolute atomic E-state index is 0.000315. The van der Waals surface area contributed by atoms with Crippen LogP contribution in [0.5, 0.6) is 0 Å². The quantitative estimate of drug-likeness (QED) is 0.827. The number of likely N-dealkylation sites (tertiary alicyclic amines) is 1. The van der Waals surface area contributed by atoms with Gasteiger partial charge in [0.2, 0.25) is 5.91 Å². The van der Waals surface area contributed by atoms with Crippen molar-refractivity contribution in [3.05, 3.63) is 41.5 Å². The number of rotatable bonds is 3. The van der Waals surface area contributed by atoms with Crippen LogP contribution in [0.1, 0.15) is 24.0 Å². The van der Waals surface area contributed by atoms with Crippen molar-refractivity contribution in [1.82, 2.24) is 4.90 Å². The van der Waals surface area contributed by atoms with Crippen LogP contribution in [0.4, 0.5) is 0 Å². The zero-order valence-corrected chi connectivity index (χ0v) is 10.7. The van der Waals surface area contributed by atoms with Crippen LogP contribution in [0, 0.1) is 6.92 Å². The van der Waals surface area contributed by atoms with Crippen LogP contribution in [0.15, 0.2) is 30.3 Å². The second-order valence-electron chi connectivity index (χ2n) is 4.76. The predicted molar refractivity (Wildman–Crippen MR) is 72.0 cm³/mol. The van der Waals surface area contributed by atoms with Crippen molar-refractivity contribution in [2.24, 2.45) is 0 Å². The van der Waals surface area contributed by atoms with E-state index in [-0.39, 0.29) is 18.6 Å². The van der Waals surface area contributed by atoms with Gasteiger partial charge in [-0.05, 0) is 31.4 Å². The molecule has 1 aromatic rings. The summed E-state index contributed by atoms with van der Waals surface area (Å²) in [6, 6.07) is 8.02. The molecule has 0 aromatic heterocycles. The van der Waals surface area contributed by atoms with Gasteiger partial charge in [-0.3, -0.25) is 4.79 Å². The number of aryl methyl sites for hydroxylation is 1. The maximum atomic E-state index is 12.0. The first-order valence-electron chi connectivity index (χ1n) is 6.37. The van der Waals surface area contributed by atoms with Crippen LogP contribution >= 0.6 is 0 Å². The number of hydrogen-bond acceptors (Lipinski definition) is 2. The summed E-state index contributed by atoms with van der Waals surface area (Å²) in [7, 11) is 0. The smallest absolute Gasteiger partial charge is 0.246 e. The molecule has 1 atom stereocenters. The van der Waals surface area contributed by atoms with E-state index >= 15 is 0 Å². The van der Waals surface area contributed by atoms with Gasteiger partial charge < -0.3 is 10.0 Å². The Morgan fingerprint density at radius 3 is 3.11 bits per heavy atom. The molecule has 1 amide bonds. The number of benzene rings is 1. The van der Waals surface area contributed by atoms with E-state index in [1.807, 2.05) is 37.3 Å². The molecule has 1 aliphatic heterocycles. The highest BCUT2D eigenvalue weighted by Crippen LogP contribution is 2.17. The molecule has 0 saturated carbocycles. The highest BCUT2D eigenvalue weighted by Gasteiger charge is 2.26. The maximum absolute atomic E-state index is 12.0. The standard InChI is InChI=1S/C15H19NO2/c1-12-4-2-5-13(10-12)7-8-15(18)16-9-3-6-14(16)11-17/h2,4-5,7-8,10,14,17H,3,6,9,11H2,1H3/b8-7+/t14-/m1/s1. The van der Waals surface area contributed by atoms with E-state index in [9.17, 15) is 9.90 Å². The van der Waals surface area contributed by atoms with Gasteiger partial charge in [0, 0.05) is 12.6 Å². The van der Waals surface area contributed by atoms with Crippen molar-refractivity contribution in [1.29, 1.82) is 0 Å². The summed E-state index contributed by atoms with van der Waals surface area (Å²) in [4.78, 5) is 13.8. The van der Waals surface area contributed by atoms with Gasteiger partial charge >= 0.3 is 0 Å². The van der Waals surface area contributed by atoms with Crippen LogP contribution in [0.25, 0.3) is 6.08 Å². The average Bonchev–Trinajstić information content (AvgIpc) is 2.84. The van der Waals surface area contributed by atoms with Crippen LogP contribution in [0.3, 0.4) is 0 Å².